The lowest BCUT2D eigenvalue weighted by atomic mass is 10.1. The summed E-state index contributed by atoms with van der Waals surface area (Å²) in [4.78, 5) is 0. The average molecular weight is 277 g/mol. The molecule has 0 unspecified atom stereocenters. The van der Waals surface area contributed by atoms with Gasteiger partial charge in [0.15, 0.2) is 11.5 Å². The van der Waals surface area contributed by atoms with E-state index in [0.717, 1.165) is 34.6 Å². The number of anilines is 1. The fourth-order valence-electron chi connectivity index (χ4n) is 1.93. The van der Waals surface area contributed by atoms with Crippen LogP contribution in [-0.2, 0) is 6.42 Å². The first kappa shape index (κ1) is 12.2. The molecule has 0 atom stereocenters. The maximum Gasteiger partial charge on any atom is 0.205 e. The van der Waals surface area contributed by atoms with Gasteiger partial charge in [-0.15, -0.1) is 10.2 Å². The van der Waals surface area contributed by atoms with Gasteiger partial charge in [0.05, 0.1) is 0 Å². The Labute approximate surface area is 115 Å². The molecule has 0 aliphatic carbocycles. The van der Waals surface area contributed by atoms with Crippen LogP contribution >= 0.6 is 11.3 Å². The van der Waals surface area contributed by atoms with Crippen LogP contribution < -0.4 is 14.8 Å². The van der Waals surface area contributed by atoms with Crippen molar-refractivity contribution in [3.8, 4) is 11.5 Å². The van der Waals surface area contributed by atoms with Crippen molar-refractivity contribution in [2.45, 2.75) is 13.3 Å². The van der Waals surface area contributed by atoms with E-state index in [2.05, 4.69) is 21.6 Å². The molecule has 0 spiro atoms. The number of aromatic nitrogens is 2. The number of nitrogens with one attached hydrogen (secondary N) is 1. The van der Waals surface area contributed by atoms with Gasteiger partial charge in [-0.25, -0.2) is 0 Å². The molecular formula is C13H15N3O2S. The van der Waals surface area contributed by atoms with Crippen molar-refractivity contribution in [1.29, 1.82) is 0 Å². The minimum absolute atomic E-state index is 0.624. The third-order valence-corrected chi connectivity index (χ3v) is 3.62. The lowest BCUT2D eigenvalue weighted by Crippen LogP contribution is -2.15. The van der Waals surface area contributed by atoms with Crippen LogP contribution in [-0.4, -0.2) is 30.0 Å². The fourth-order valence-corrected chi connectivity index (χ4v) is 2.54. The molecule has 1 aromatic carbocycles. The van der Waals surface area contributed by atoms with E-state index in [4.69, 9.17) is 9.47 Å². The molecule has 0 saturated heterocycles. The normalized spacial score (nSPS) is 13.3. The van der Waals surface area contributed by atoms with Crippen molar-refractivity contribution >= 4 is 16.5 Å². The molecule has 1 aromatic heterocycles. The van der Waals surface area contributed by atoms with E-state index >= 15 is 0 Å². The lowest BCUT2D eigenvalue weighted by molar-refractivity contribution is 0.171. The quantitative estimate of drug-likeness (QED) is 0.929. The van der Waals surface area contributed by atoms with Gasteiger partial charge in [-0.05, 0) is 31.0 Å². The number of hydrogen-bond donors (Lipinski definition) is 1. The Morgan fingerprint density at radius 2 is 2.05 bits per heavy atom. The third-order valence-electron chi connectivity index (χ3n) is 2.82. The predicted octanol–water partition coefficient (Wildman–Crippen LogP) is 2.27. The topological polar surface area (TPSA) is 56.3 Å². The van der Waals surface area contributed by atoms with E-state index in [0.29, 0.717) is 13.2 Å². The number of fused-ring (bicyclic) bond motifs is 1. The molecule has 1 aliphatic rings. The van der Waals surface area contributed by atoms with Crippen LogP contribution in [0.4, 0.5) is 5.13 Å². The molecule has 2 aromatic rings. The van der Waals surface area contributed by atoms with Crippen LogP contribution in [0.2, 0.25) is 0 Å². The van der Waals surface area contributed by atoms with Crippen molar-refractivity contribution < 1.29 is 9.47 Å². The molecule has 5 nitrogen and oxygen atoms in total. The van der Waals surface area contributed by atoms with Gasteiger partial charge < -0.3 is 14.8 Å². The minimum atomic E-state index is 0.624. The molecule has 0 fully saturated rings. The van der Waals surface area contributed by atoms with E-state index in [9.17, 15) is 0 Å². The van der Waals surface area contributed by atoms with Gasteiger partial charge in [0.2, 0.25) is 5.13 Å². The van der Waals surface area contributed by atoms with E-state index in [1.807, 2.05) is 19.1 Å². The second-order valence-corrected chi connectivity index (χ2v) is 5.46. The van der Waals surface area contributed by atoms with Crippen LogP contribution in [0.1, 0.15) is 10.6 Å². The largest absolute Gasteiger partial charge is 0.486 e. The Bertz CT molecular complexity index is 571. The van der Waals surface area contributed by atoms with E-state index in [1.165, 1.54) is 5.56 Å². The van der Waals surface area contributed by atoms with Crippen molar-refractivity contribution in [2.24, 2.45) is 0 Å². The molecule has 6 heteroatoms. The van der Waals surface area contributed by atoms with E-state index in [1.54, 1.807) is 11.3 Å². The number of rotatable bonds is 4. The van der Waals surface area contributed by atoms with Crippen LogP contribution in [0, 0.1) is 6.92 Å². The number of ether oxygens (including phenoxy) is 2. The minimum Gasteiger partial charge on any atom is -0.486 e. The van der Waals surface area contributed by atoms with Gasteiger partial charge in [0.25, 0.3) is 0 Å². The first-order valence-corrected chi connectivity index (χ1v) is 7.05. The monoisotopic (exact) mass is 277 g/mol. The summed E-state index contributed by atoms with van der Waals surface area (Å²) in [6, 6.07) is 6.08. The maximum atomic E-state index is 5.57. The van der Waals surface area contributed by atoms with Crippen LogP contribution in [0.5, 0.6) is 11.5 Å². The number of aryl methyl sites for hydroxylation is 1. The molecule has 100 valence electrons. The zero-order valence-corrected chi connectivity index (χ0v) is 11.5. The second kappa shape index (κ2) is 5.44. The highest BCUT2D eigenvalue weighted by atomic mass is 32.1. The van der Waals surface area contributed by atoms with Crippen LogP contribution in [0.25, 0.3) is 0 Å². The third kappa shape index (κ3) is 2.96. The van der Waals surface area contributed by atoms with Crippen molar-refractivity contribution in [3.05, 3.63) is 28.8 Å². The second-order valence-electron chi connectivity index (χ2n) is 4.28. The van der Waals surface area contributed by atoms with E-state index in [-0.39, 0.29) is 0 Å². The SMILES string of the molecule is Cc1nnc(NCCc2ccc3c(c2)OCCO3)s1. The summed E-state index contributed by atoms with van der Waals surface area (Å²) in [5.74, 6) is 1.68. The molecule has 2 heterocycles. The smallest absolute Gasteiger partial charge is 0.205 e. The number of hydrogen-bond acceptors (Lipinski definition) is 6. The van der Waals surface area contributed by atoms with Crippen LogP contribution in [0.3, 0.4) is 0 Å². The molecule has 0 radical (unpaired) electrons. The highest BCUT2D eigenvalue weighted by Crippen LogP contribution is 2.30. The average Bonchev–Trinajstić information content (AvgIpc) is 2.84. The van der Waals surface area contributed by atoms with E-state index < -0.39 is 0 Å². The van der Waals surface area contributed by atoms with Crippen molar-refractivity contribution in [2.75, 3.05) is 25.1 Å². The Balaban J connectivity index is 1.58. The number of nitrogens with zero attached hydrogens (tertiary/aromatic N) is 2. The molecule has 0 amide bonds. The lowest BCUT2D eigenvalue weighted by Gasteiger charge is -2.18. The van der Waals surface area contributed by atoms with Crippen molar-refractivity contribution in [3.63, 3.8) is 0 Å². The molecule has 3 rings (SSSR count). The van der Waals surface area contributed by atoms with Gasteiger partial charge in [-0.1, -0.05) is 17.4 Å². The van der Waals surface area contributed by atoms with Gasteiger partial charge in [0, 0.05) is 6.54 Å². The summed E-state index contributed by atoms with van der Waals surface area (Å²) in [7, 11) is 0. The summed E-state index contributed by atoms with van der Waals surface area (Å²) in [6.45, 7) is 4.03. The Kier molecular flexibility index (Phi) is 3.50. The molecule has 1 aliphatic heterocycles. The standard InChI is InChI=1S/C13H15N3O2S/c1-9-15-16-13(19-9)14-5-4-10-2-3-11-12(8-10)18-7-6-17-11/h2-3,8H,4-7H2,1H3,(H,14,16). The number of benzene rings is 1. The molecule has 1 N–H and O–H groups in total. The van der Waals surface area contributed by atoms with Gasteiger partial charge >= 0.3 is 0 Å². The van der Waals surface area contributed by atoms with Gasteiger partial charge in [-0.2, -0.15) is 0 Å². The van der Waals surface area contributed by atoms with Crippen LogP contribution in [0.15, 0.2) is 18.2 Å². The molecule has 0 bridgehead atoms. The Morgan fingerprint density at radius 1 is 1.21 bits per heavy atom. The molecular weight excluding hydrogens is 262 g/mol. The van der Waals surface area contributed by atoms with Gasteiger partial charge in [0.1, 0.15) is 18.2 Å². The Hall–Kier alpha value is -1.82. The first-order valence-electron chi connectivity index (χ1n) is 6.24. The zero-order chi connectivity index (χ0) is 13.1. The first-order chi connectivity index (χ1) is 9.31. The highest BCUT2D eigenvalue weighted by molar-refractivity contribution is 7.15. The summed E-state index contributed by atoms with van der Waals surface area (Å²) >= 11 is 1.57. The highest BCUT2D eigenvalue weighted by Gasteiger charge is 2.11. The zero-order valence-electron chi connectivity index (χ0n) is 10.7. The predicted molar refractivity (Wildman–Crippen MR) is 74.3 cm³/mol. The molecule has 0 saturated carbocycles. The Morgan fingerprint density at radius 3 is 2.84 bits per heavy atom. The maximum absolute atomic E-state index is 5.57. The fraction of sp³-hybridized carbons (Fsp3) is 0.385. The van der Waals surface area contributed by atoms with Crippen molar-refractivity contribution in [1.82, 2.24) is 10.2 Å². The van der Waals surface area contributed by atoms with Gasteiger partial charge in [-0.3, -0.25) is 0 Å². The summed E-state index contributed by atoms with van der Waals surface area (Å²) in [5, 5.41) is 13.1. The summed E-state index contributed by atoms with van der Waals surface area (Å²) in [5.41, 5.74) is 1.22. The summed E-state index contributed by atoms with van der Waals surface area (Å²) < 4.78 is 11.1. The molecule has 19 heavy (non-hydrogen) atoms. The summed E-state index contributed by atoms with van der Waals surface area (Å²) in [6.07, 6.45) is 0.912.